The molecule has 3 unspecified atom stereocenters. The van der Waals surface area contributed by atoms with Gasteiger partial charge in [0.2, 0.25) is 5.91 Å². The highest BCUT2D eigenvalue weighted by Crippen LogP contribution is 2.38. The topological polar surface area (TPSA) is 108 Å². The van der Waals surface area contributed by atoms with E-state index < -0.39 is 26.6 Å². The van der Waals surface area contributed by atoms with Gasteiger partial charge in [0.05, 0.1) is 39.9 Å². The second-order valence-corrected chi connectivity index (χ2v) is 22.8. The van der Waals surface area contributed by atoms with E-state index in [1.807, 2.05) is 40.2 Å². The van der Waals surface area contributed by atoms with E-state index in [0.717, 1.165) is 44.9 Å². The highest BCUT2D eigenvalue weighted by molar-refractivity contribution is 7.45. The normalized spacial score (nSPS) is 14.2. The van der Waals surface area contributed by atoms with Crippen LogP contribution < -0.4 is 10.2 Å². The second-order valence-electron chi connectivity index (χ2n) is 21.4. The molecule has 68 heavy (non-hydrogen) atoms. The van der Waals surface area contributed by atoms with Gasteiger partial charge in [-0.2, -0.15) is 0 Å². The molecule has 8 nitrogen and oxygen atoms in total. The summed E-state index contributed by atoms with van der Waals surface area (Å²) in [5.41, 5.74) is 0. The number of nitrogens with one attached hydrogen (secondary N) is 1. The Labute approximate surface area is 423 Å². The summed E-state index contributed by atoms with van der Waals surface area (Å²) in [6.07, 6.45) is 65.9. The molecule has 0 heterocycles. The van der Waals surface area contributed by atoms with Crippen molar-refractivity contribution in [3.05, 3.63) is 36.5 Å². The van der Waals surface area contributed by atoms with Crippen LogP contribution in [0.4, 0.5) is 0 Å². The number of rotatable bonds is 54. The number of allylic oxidation sites excluding steroid dienone is 5. The van der Waals surface area contributed by atoms with Crippen LogP contribution in [0.3, 0.4) is 0 Å². The third-order valence-electron chi connectivity index (χ3n) is 13.4. The summed E-state index contributed by atoms with van der Waals surface area (Å²) < 4.78 is 23.2. The lowest BCUT2D eigenvalue weighted by molar-refractivity contribution is -0.870. The van der Waals surface area contributed by atoms with Crippen LogP contribution in [0.1, 0.15) is 284 Å². The number of hydrogen-bond acceptors (Lipinski definition) is 6. The summed E-state index contributed by atoms with van der Waals surface area (Å²) in [7, 11) is 1.24. The average molecular weight is 980 g/mol. The summed E-state index contributed by atoms with van der Waals surface area (Å²) in [4.78, 5) is 25.3. The summed E-state index contributed by atoms with van der Waals surface area (Å²) in [5.74, 6) is -0.210. The number of amides is 1. The third kappa shape index (κ3) is 52.5. The Morgan fingerprint density at radius 1 is 0.529 bits per heavy atom. The van der Waals surface area contributed by atoms with E-state index in [1.54, 1.807) is 6.08 Å². The van der Waals surface area contributed by atoms with Crippen molar-refractivity contribution in [2.45, 2.75) is 296 Å². The van der Waals surface area contributed by atoms with Crippen molar-refractivity contribution in [1.82, 2.24) is 5.32 Å². The van der Waals surface area contributed by atoms with Crippen LogP contribution in [-0.2, 0) is 18.4 Å². The lowest BCUT2D eigenvalue weighted by Crippen LogP contribution is -2.45. The Hall–Kier alpha value is -1.28. The SMILES string of the molecule is C/C=C/CC/C=C/CC/C=C/C(O)C(COP(=O)([O-])OCC[N+](C)(C)C)NC(=O)CCCCCCCCCCCCCCCCCCCCCCCCCCCCCCCCCCCCCCC. The largest absolute Gasteiger partial charge is 0.756 e. The Balaban J connectivity index is 3.79. The van der Waals surface area contributed by atoms with Gasteiger partial charge in [0.1, 0.15) is 13.2 Å². The molecule has 0 radical (unpaired) electrons. The Morgan fingerprint density at radius 2 is 0.853 bits per heavy atom. The first-order valence-corrected chi connectivity index (χ1v) is 30.8. The van der Waals surface area contributed by atoms with Crippen LogP contribution in [0, 0.1) is 0 Å². The van der Waals surface area contributed by atoms with Gasteiger partial charge in [0.25, 0.3) is 7.82 Å². The molecule has 0 aliphatic carbocycles. The van der Waals surface area contributed by atoms with Crippen molar-refractivity contribution in [2.75, 3.05) is 40.9 Å². The zero-order valence-corrected chi connectivity index (χ0v) is 46.7. The van der Waals surface area contributed by atoms with Crippen LogP contribution in [0.5, 0.6) is 0 Å². The van der Waals surface area contributed by atoms with E-state index in [4.69, 9.17) is 9.05 Å². The quantitative estimate of drug-likeness (QED) is 0.0272. The molecule has 0 aliphatic heterocycles. The van der Waals surface area contributed by atoms with E-state index in [-0.39, 0.29) is 12.5 Å². The minimum absolute atomic E-state index is 0.00815. The van der Waals surface area contributed by atoms with Gasteiger partial charge in [0, 0.05) is 6.42 Å². The van der Waals surface area contributed by atoms with E-state index in [0.29, 0.717) is 17.4 Å². The van der Waals surface area contributed by atoms with Crippen LogP contribution in [-0.4, -0.2) is 68.5 Å². The maximum absolute atomic E-state index is 12.9. The molecule has 0 saturated heterocycles. The molecular formula is C59H115N2O6P. The molecule has 402 valence electrons. The zero-order chi connectivity index (χ0) is 49.9. The van der Waals surface area contributed by atoms with Gasteiger partial charge in [-0.25, -0.2) is 0 Å². The lowest BCUT2D eigenvalue weighted by atomic mass is 10.0. The highest BCUT2D eigenvalue weighted by Gasteiger charge is 2.23. The number of carbonyl (C=O) groups is 1. The molecule has 0 fully saturated rings. The van der Waals surface area contributed by atoms with E-state index in [1.165, 1.54) is 218 Å². The van der Waals surface area contributed by atoms with Crippen LogP contribution >= 0.6 is 7.82 Å². The number of quaternary nitrogens is 1. The molecule has 0 spiro atoms. The fraction of sp³-hybridized carbons (Fsp3) is 0.881. The molecule has 0 bridgehead atoms. The average Bonchev–Trinajstić information content (AvgIpc) is 3.30. The lowest BCUT2D eigenvalue weighted by Gasteiger charge is -2.29. The number of phosphoric ester groups is 1. The molecule has 1 amide bonds. The van der Waals surface area contributed by atoms with Gasteiger partial charge in [-0.3, -0.25) is 9.36 Å². The standard InChI is InChI=1S/C59H115N2O6P/c1-6-8-10-12-14-16-17-18-19-20-21-22-23-24-25-26-27-28-29-30-31-32-33-34-35-36-37-38-39-40-41-42-43-45-47-49-51-53-59(63)60-57(56-67-68(64,65)66-55-54-61(3,4)5)58(62)52-50-48-46-44-15-13-11-9-7-2/h7,9,15,44,50,52,57-58,62H,6,8,10-14,16-43,45-49,51,53-56H2,1-5H3,(H-,60,63,64,65)/b9-7+,44-15+,52-50+. The predicted molar refractivity (Wildman–Crippen MR) is 293 cm³/mol. The number of unbranched alkanes of at least 4 members (excludes halogenated alkanes) is 38. The fourth-order valence-corrected chi connectivity index (χ4v) is 9.57. The summed E-state index contributed by atoms with van der Waals surface area (Å²) in [5, 5.41) is 13.7. The molecule has 0 aliphatic rings. The first-order chi connectivity index (χ1) is 33.0. The Bertz CT molecular complexity index is 1200. The highest BCUT2D eigenvalue weighted by atomic mass is 31.2. The van der Waals surface area contributed by atoms with Crippen LogP contribution in [0.25, 0.3) is 0 Å². The summed E-state index contributed by atoms with van der Waals surface area (Å²) in [6, 6.07) is -0.905. The molecule has 9 heteroatoms. The molecule has 0 aromatic heterocycles. The van der Waals surface area contributed by atoms with E-state index >= 15 is 0 Å². The molecule has 0 aromatic rings. The van der Waals surface area contributed by atoms with Crippen molar-refractivity contribution < 1.29 is 32.9 Å². The molecular weight excluding hydrogens is 864 g/mol. The second kappa shape index (κ2) is 50.7. The smallest absolute Gasteiger partial charge is 0.268 e. The van der Waals surface area contributed by atoms with Gasteiger partial charge in [-0.15, -0.1) is 0 Å². The van der Waals surface area contributed by atoms with Gasteiger partial charge in [0.15, 0.2) is 0 Å². The molecule has 0 aromatic carbocycles. The van der Waals surface area contributed by atoms with E-state index in [9.17, 15) is 19.4 Å². The van der Waals surface area contributed by atoms with Gasteiger partial charge < -0.3 is 28.8 Å². The van der Waals surface area contributed by atoms with Crippen molar-refractivity contribution in [1.29, 1.82) is 0 Å². The van der Waals surface area contributed by atoms with Crippen LogP contribution in [0.2, 0.25) is 0 Å². The number of nitrogens with zero attached hydrogens (tertiary/aromatic N) is 1. The van der Waals surface area contributed by atoms with Crippen molar-refractivity contribution in [3.63, 3.8) is 0 Å². The van der Waals surface area contributed by atoms with Gasteiger partial charge in [-0.05, 0) is 39.0 Å². The number of aliphatic hydroxyl groups is 1. The fourth-order valence-electron chi connectivity index (χ4n) is 8.84. The number of phosphoric acid groups is 1. The number of aliphatic hydroxyl groups excluding tert-OH is 1. The first-order valence-electron chi connectivity index (χ1n) is 29.3. The number of likely N-dealkylation sites (N-methyl/N-ethyl adjacent to an activating group) is 1. The van der Waals surface area contributed by atoms with Gasteiger partial charge >= 0.3 is 0 Å². The monoisotopic (exact) mass is 979 g/mol. The zero-order valence-electron chi connectivity index (χ0n) is 45.8. The van der Waals surface area contributed by atoms with Crippen LogP contribution in [0.15, 0.2) is 36.5 Å². The first kappa shape index (κ1) is 66.7. The van der Waals surface area contributed by atoms with Gasteiger partial charge in [-0.1, -0.05) is 275 Å². The summed E-state index contributed by atoms with van der Waals surface area (Å²) >= 11 is 0. The minimum Gasteiger partial charge on any atom is -0.756 e. The van der Waals surface area contributed by atoms with Crippen molar-refractivity contribution in [2.24, 2.45) is 0 Å². The number of carbonyl (C=O) groups excluding carboxylic acids is 1. The molecule has 2 N–H and O–H groups in total. The Morgan fingerprint density at radius 3 is 1.19 bits per heavy atom. The maximum Gasteiger partial charge on any atom is 0.268 e. The third-order valence-corrected chi connectivity index (χ3v) is 14.4. The molecule has 0 rings (SSSR count). The minimum atomic E-state index is -4.60. The summed E-state index contributed by atoms with van der Waals surface area (Å²) in [6.45, 7) is 4.41. The maximum atomic E-state index is 12.9. The van der Waals surface area contributed by atoms with Crippen molar-refractivity contribution in [3.8, 4) is 0 Å². The van der Waals surface area contributed by atoms with Crippen molar-refractivity contribution >= 4 is 13.7 Å². The van der Waals surface area contributed by atoms with E-state index in [2.05, 4.69) is 30.5 Å². The molecule has 0 saturated carbocycles. The molecule has 3 atom stereocenters. The number of hydrogen-bond donors (Lipinski definition) is 2. The Kier molecular flexibility index (Phi) is 49.7. The predicted octanol–water partition coefficient (Wildman–Crippen LogP) is 17.1.